The number of carbonyl (C=O) groups is 2. The molecule has 5 nitrogen and oxygen atoms in total. The SMILES string of the molecule is CC(=O)NC1([C@H]2N=C(c3ccccc3)c3ccccc3N(C)C2=O)CCCCC1. The second-order valence-corrected chi connectivity index (χ2v) is 8.06. The summed E-state index contributed by atoms with van der Waals surface area (Å²) < 4.78 is 0. The van der Waals surface area contributed by atoms with Crippen LogP contribution in [0.15, 0.2) is 59.6 Å². The number of aliphatic imine (C=N–C) groups is 1. The van der Waals surface area contributed by atoms with E-state index in [2.05, 4.69) is 5.32 Å². The average Bonchev–Trinajstić information content (AvgIpc) is 2.85. The van der Waals surface area contributed by atoms with E-state index in [-0.39, 0.29) is 11.8 Å². The van der Waals surface area contributed by atoms with Gasteiger partial charge in [0.05, 0.1) is 16.9 Å². The van der Waals surface area contributed by atoms with Gasteiger partial charge in [-0.15, -0.1) is 0 Å². The number of amides is 2. The first-order chi connectivity index (χ1) is 14.0. The summed E-state index contributed by atoms with van der Waals surface area (Å²) in [7, 11) is 1.81. The number of para-hydroxylation sites is 1. The molecule has 1 heterocycles. The van der Waals surface area contributed by atoms with Crippen LogP contribution in [-0.4, -0.2) is 36.2 Å². The number of carbonyl (C=O) groups excluding carboxylic acids is 2. The number of fused-ring (bicyclic) bond motifs is 1. The number of likely N-dealkylation sites (N-methyl/N-ethyl adjacent to an activating group) is 1. The normalized spacial score (nSPS) is 21.0. The molecule has 2 aliphatic rings. The molecule has 1 aliphatic heterocycles. The highest BCUT2D eigenvalue weighted by atomic mass is 16.2. The van der Waals surface area contributed by atoms with E-state index in [4.69, 9.17) is 4.99 Å². The molecule has 0 saturated heterocycles. The molecule has 1 aliphatic carbocycles. The summed E-state index contributed by atoms with van der Waals surface area (Å²) in [4.78, 5) is 32.5. The third-order valence-corrected chi connectivity index (χ3v) is 6.08. The van der Waals surface area contributed by atoms with Gasteiger partial charge in [0.2, 0.25) is 5.91 Å². The number of benzodiazepines with no additional fused rings is 1. The first-order valence-corrected chi connectivity index (χ1v) is 10.3. The molecule has 0 radical (unpaired) electrons. The van der Waals surface area contributed by atoms with Gasteiger partial charge in [-0.1, -0.05) is 67.8 Å². The Morgan fingerprint density at radius 1 is 1.03 bits per heavy atom. The fourth-order valence-electron chi connectivity index (χ4n) is 4.71. The van der Waals surface area contributed by atoms with Crippen molar-refractivity contribution in [2.24, 2.45) is 4.99 Å². The summed E-state index contributed by atoms with van der Waals surface area (Å²) in [6.45, 7) is 1.53. The van der Waals surface area contributed by atoms with Crippen molar-refractivity contribution in [3.63, 3.8) is 0 Å². The third kappa shape index (κ3) is 3.57. The minimum Gasteiger partial charge on any atom is -0.348 e. The van der Waals surface area contributed by atoms with E-state index in [9.17, 15) is 9.59 Å². The predicted octanol–water partition coefficient (Wildman–Crippen LogP) is 3.71. The van der Waals surface area contributed by atoms with Crippen LogP contribution in [-0.2, 0) is 9.59 Å². The van der Waals surface area contributed by atoms with E-state index in [0.29, 0.717) is 0 Å². The van der Waals surface area contributed by atoms with E-state index >= 15 is 0 Å². The molecule has 150 valence electrons. The van der Waals surface area contributed by atoms with Crippen LogP contribution < -0.4 is 10.2 Å². The zero-order valence-corrected chi connectivity index (χ0v) is 17.0. The van der Waals surface area contributed by atoms with Gasteiger partial charge in [0.25, 0.3) is 5.91 Å². The summed E-state index contributed by atoms with van der Waals surface area (Å²) in [5, 5.41) is 3.15. The Morgan fingerprint density at radius 3 is 2.38 bits per heavy atom. The van der Waals surface area contributed by atoms with Gasteiger partial charge in [0.1, 0.15) is 0 Å². The predicted molar refractivity (Wildman–Crippen MR) is 115 cm³/mol. The molecule has 1 saturated carbocycles. The number of hydrogen-bond donors (Lipinski definition) is 1. The Bertz CT molecular complexity index is 946. The third-order valence-electron chi connectivity index (χ3n) is 6.08. The number of rotatable bonds is 3. The van der Waals surface area contributed by atoms with Crippen molar-refractivity contribution in [3.8, 4) is 0 Å². The van der Waals surface area contributed by atoms with Crippen LogP contribution >= 0.6 is 0 Å². The zero-order chi connectivity index (χ0) is 20.4. The number of anilines is 1. The van der Waals surface area contributed by atoms with Crippen LogP contribution in [0.3, 0.4) is 0 Å². The highest BCUT2D eigenvalue weighted by molar-refractivity contribution is 6.20. The van der Waals surface area contributed by atoms with Crippen LogP contribution in [0.25, 0.3) is 0 Å². The van der Waals surface area contributed by atoms with Gasteiger partial charge in [-0.3, -0.25) is 14.6 Å². The van der Waals surface area contributed by atoms with Crippen molar-refractivity contribution in [3.05, 3.63) is 65.7 Å². The van der Waals surface area contributed by atoms with Crippen molar-refractivity contribution >= 4 is 23.2 Å². The topological polar surface area (TPSA) is 61.8 Å². The zero-order valence-electron chi connectivity index (χ0n) is 17.0. The maximum absolute atomic E-state index is 13.6. The highest BCUT2D eigenvalue weighted by Gasteiger charge is 2.47. The molecule has 4 rings (SSSR count). The summed E-state index contributed by atoms with van der Waals surface area (Å²) in [5.41, 5.74) is 2.92. The lowest BCUT2D eigenvalue weighted by atomic mass is 9.75. The number of nitrogens with zero attached hydrogens (tertiary/aromatic N) is 2. The molecule has 1 atom stereocenters. The molecular weight excluding hydrogens is 362 g/mol. The minimum atomic E-state index is -0.653. The Hall–Kier alpha value is -2.95. The number of nitrogens with one attached hydrogen (secondary N) is 1. The molecule has 0 unspecified atom stereocenters. The van der Waals surface area contributed by atoms with Gasteiger partial charge in [-0.05, 0) is 18.9 Å². The second kappa shape index (κ2) is 7.82. The molecule has 0 spiro atoms. The van der Waals surface area contributed by atoms with Gasteiger partial charge in [0, 0.05) is 25.1 Å². The molecule has 2 aromatic rings. The van der Waals surface area contributed by atoms with Gasteiger partial charge in [0.15, 0.2) is 6.04 Å². The lowest BCUT2D eigenvalue weighted by Crippen LogP contribution is -2.61. The molecule has 5 heteroatoms. The first kappa shape index (κ1) is 19.4. The van der Waals surface area contributed by atoms with Crippen molar-refractivity contribution in [2.75, 3.05) is 11.9 Å². The molecule has 29 heavy (non-hydrogen) atoms. The second-order valence-electron chi connectivity index (χ2n) is 8.06. The van der Waals surface area contributed by atoms with E-state index in [1.54, 1.807) is 4.90 Å². The van der Waals surface area contributed by atoms with Crippen molar-refractivity contribution in [1.82, 2.24) is 5.32 Å². The summed E-state index contributed by atoms with van der Waals surface area (Å²) in [6, 6.07) is 17.2. The smallest absolute Gasteiger partial charge is 0.253 e. The lowest BCUT2D eigenvalue weighted by Gasteiger charge is -2.42. The Morgan fingerprint density at radius 2 is 1.69 bits per heavy atom. The summed E-state index contributed by atoms with van der Waals surface area (Å²) in [6.07, 6.45) is 4.61. The maximum atomic E-state index is 13.6. The molecular formula is C24H27N3O2. The van der Waals surface area contributed by atoms with Crippen LogP contribution in [0.1, 0.15) is 50.2 Å². The van der Waals surface area contributed by atoms with E-state index in [1.807, 2.05) is 61.6 Å². The van der Waals surface area contributed by atoms with Crippen LogP contribution in [0.5, 0.6) is 0 Å². The Labute approximate surface area is 171 Å². The molecule has 2 amide bonds. The molecule has 1 fully saturated rings. The quantitative estimate of drug-likeness (QED) is 0.870. The van der Waals surface area contributed by atoms with E-state index in [0.717, 1.165) is 54.6 Å². The van der Waals surface area contributed by atoms with Crippen molar-refractivity contribution in [2.45, 2.75) is 50.6 Å². The summed E-state index contributed by atoms with van der Waals surface area (Å²) in [5.74, 6) is -0.181. The molecule has 0 aromatic heterocycles. The van der Waals surface area contributed by atoms with Gasteiger partial charge >= 0.3 is 0 Å². The minimum absolute atomic E-state index is 0.0703. The van der Waals surface area contributed by atoms with Crippen molar-refractivity contribution < 1.29 is 9.59 Å². The average molecular weight is 389 g/mol. The van der Waals surface area contributed by atoms with Gasteiger partial charge < -0.3 is 10.2 Å². The first-order valence-electron chi connectivity index (χ1n) is 10.3. The number of benzene rings is 2. The molecule has 0 bridgehead atoms. The fourth-order valence-corrected chi connectivity index (χ4v) is 4.71. The fraction of sp³-hybridized carbons (Fsp3) is 0.375. The van der Waals surface area contributed by atoms with Gasteiger partial charge in [-0.25, -0.2) is 0 Å². The molecule has 2 aromatic carbocycles. The maximum Gasteiger partial charge on any atom is 0.253 e. The van der Waals surface area contributed by atoms with Crippen molar-refractivity contribution in [1.29, 1.82) is 0 Å². The molecule has 1 N–H and O–H groups in total. The van der Waals surface area contributed by atoms with E-state index in [1.165, 1.54) is 6.92 Å². The number of hydrogen-bond acceptors (Lipinski definition) is 3. The van der Waals surface area contributed by atoms with Crippen LogP contribution in [0.4, 0.5) is 5.69 Å². The van der Waals surface area contributed by atoms with Crippen LogP contribution in [0.2, 0.25) is 0 Å². The summed E-state index contributed by atoms with van der Waals surface area (Å²) >= 11 is 0. The highest BCUT2D eigenvalue weighted by Crippen LogP contribution is 2.37. The Kier molecular flexibility index (Phi) is 5.22. The van der Waals surface area contributed by atoms with E-state index < -0.39 is 11.6 Å². The van der Waals surface area contributed by atoms with Gasteiger partial charge in [-0.2, -0.15) is 0 Å². The standard InChI is InChI=1S/C24H27N3O2/c1-17(28)26-24(15-9-4-10-16-24)22-23(29)27(2)20-14-8-7-13-19(20)21(25-22)18-11-5-3-6-12-18/h3,5-8,11-14,22H,4,9-10,15-16H2,1-2H3,(H,26,28)/t22-/m0/s1. The monoisotopic (exact) mass is 389 g/mol. The largest absolute Gasteiger partial charge is 0.348 e. The lowest BCUT2D eigenvalue weighted by molar-refractivity contribution is -0.125. The Balaban J connectivity index is 1.92. The van der Waals surface area contributed by atoms with Crippen LogP contribution in [0, 0.1) is 0 Å².